The zero-order valence-corrected chi connectivity index (χ0v) is 12.2. The fraction of sp³-hybridized carbons (Fsp3) is 0.333. The van der Waals surface area contributed by atoms with Crippen LogP contribution in [0.1, 0.15) is 24.2 Å². The molecule has 0 bridgehead atoms. The molecule has 0 unspecified atom stereocenters. The summed E-state index contributed by atoms with van der Waals surface area (Å²) in [5.41, 5.74) is 1.15. The lowest BCUT2D eigenvalue weighted by Crippen LogP contribution is -2.41. The number of benzene rings is 1. The molecule has 1 atom stereocenters. The molecule has 106 valence electrons. The molecule has 0 saturated carbocycles. The van der Waals surface area contributed by atoms with Gasteiger partial charge in [0.05, 0.1) is 23.7 Å². The molecule has 1 amide bonds. The Balaban J connectivity index is 2.39. The molecule has 1 aromatic carbocycles. The van der Waals surface area contributed by atoms with Crippen LogP contribution < -0.4 is 5.32 Å². The Hall–Kier alpha value is -1.65. The summed E-state index contributed by atoms with van der Waals surface area (Å²) in [6, 6.07) is 8.60. The van der Waals surface area contributed by atoms with E-state index < -0.39 is 0 Å². The first-order valence-electron chi connectivity index (χ1n) is 6.50. The van der Waals surface area contributed by atoms with Gasteiger partial charge in [0.15, 0.2) is 0 Å². The maximum atomic E-state index is 12.4. The van der Waals surface area contributed by atoms with Crippen molar-refractivity contribution in [2.24, 2.45) is 5.92 Å². The largest absolute Gasteiger partial charge is 0.394 e. The van der Waals surface area contributed by atoms with Gasteiger partial charge in [-0.15, -0.1) is 0 Å². The average Bonchev–Trinajstić information content (AvgIpc) is 2.43. The molecular formula is C15H17ClN2O2. The molecule has 2 N–H and O–H groups in total. The Bertz CT molecular complexity index is 628. The summed E-state index contributed by atoms with van der Waals surface area (Å²) < 4.78 is 0. The van der Waals surface area contributed by atoms with Crippen molar-refractivity contribution in [3.8, 4) is 0 Å². The van der Waals surface area contributed by atoms with Gasteiger partial charge in [0.1, 0.15) is 5.15 Å². The Labute approximate surface area is 122 Å². The maximum absolute atomic E-state index is 12.4. The second kappa shape index (κ2) is 6.20. The van der Waals surface area contributed by atoms with E-state index in [1.165, 1.54) is 0 Å². The summed E-state index contributed by atoms with van der Waals surface area (Å²) in [6.07, 6.45) is 0. The van der Waals surface area contributed by atoms with E-state index in [1.807, 2.05) is 38.1 Å². The van der Waals surface area contributed by atoms with Gasteiger partial charge in [0, 0.05) is 5.39 Å². The molecule has 0 saturated heterocycles. The van der Waals surface area contributed by atoms with E-state index >= 15 is 0 Å². The molecule has 2 rings (SSSR count). The number of nitrogens with one attached hydrogen (secondary N) is 1. The Kier molecular flexibility index (Phi) is 4.57. The van der Waals surface area contributed by atoms with E-state index in [2.05, 4.69) is 10.3 Å². The minimum absolute atomic E-state index is 0.0971. The molecule has 0 aliphatic rings. The van der Waals surface area contributed by atoms with Crippen LogP contribution in [0.2, 0.25) is 5.15 Å². The molecule has 4 nitrogen and oxygen atoms in total. The lowest BCUT2D eigenvalue weighted by Gasteiger charge is -2.20. The van der Waals surface area contributed by atoms with Gasteiger partial charge in [-0.1, -0.05) is 43.6 Å². The second-order valence-corrected chi connectivity index (χ2v) is 5.40. The number of para-hydroxylation sites is 1. The lowest BCUT2D eigenvalue weighted by molar-refractivity contribution is 0.0898. The normalized spacial score (nSPS) is 12.7. The second-order valence-electron chi connectivity index (χ2n) is 5.02. The third kappa shape index (κ3) is 3.08. The highest BCUT2D eigenvalue weighted by Crippen LogP contribution is 2.21. The van der Waals surface area contributed by atoms with Gasteiger partial charge in [-0.25, -0.2) is 4.98 Å². The van der Waals surface area contributed by atoms with Gasteiger partial charge in [0.25, 0.3) is 5.91 Å². The van der Waals surface area contributed by atoms with Crippen molar-refractivity contribution in [2.75, 3.05) is 6.61 Å². The third-order valence-corrected chi connectivity index (χ3v) is 3.44. The minimum Gasteiger partial charge on any atom is -0.394 e. The number of aliphatic hydroxyl groups excluding tert-OH is 1. The van der Waals surface area contributed by atoms with Crippen molar-refractivity contribution < 1.29 is 9.90 Å². The number of rotatable bonds is 4. The van der Waals surface area contributed by atoms with Crippen LogP contribution in [0.25, 0.3) is 10.9 Å². The fourth-order valence-corrected chi connectivity index (χ4v) is 2.20. The highest BCUT2D eigenvalue weighted by molar-refractivity contribution is 6.30. The topological polar surface area (TPSA) is 62.2 Å². The average molecular weight is 293 g/mol. The first-order chi connectivity index (χ1) is 9.52. The van der Waals surface area contributed by atoms with Gasteiger partial charge >= 0.3 is 0 Å². The van der Waals surface area contributed by atoms with E-state index in [0.717, 1.165) is 5.39 Å². The SMILES string of the molecule is CC(C)[C@@H](CO)NC(=O)c1cc(Cl)nc2ccccc12. The monoisotopic (exact) mass is 292 g/mol. The number of fused-ring (bicyclic) bond motifs is 1. The fourth-order valence-electron chi connectivity index (χ4n) is 2.00. The van der Waals surface area contributed by atoms with Crippen molar-refractivity contribution >= 4 is 28.4 Å². The lowest BCUT2D eigenvalue weighted by atomic mass is 10.0. The van der Waals surface area contributed by atoms with Crippen LogP contribution in [0.5, 0.6) is 0 Å². The Morgan fingerprint density at radius 3 is 2.75 bits per heavy atom. The third-order valence-electron chi connectivity index (χ3n) is 3.25. The number of aliphatic hydroxyl groups is 1. The van der Waals surface area contributed by atoms with Crippen LogP contribution in [0.3, 0.4) is 0 Å². The molecule has 0 spiro atoms. The van der Waals surface area contributed by atoms with Crippen molar-refractivity contribution in [2.45, 2.75) is 19.9 Å². The molecule has 5 heteroatoms. The maximum Gasteiger partial charge on any atom is 0.252 e. The number of carbonyl (C=O) groups is 1. The number of aromatic nitrogens is 1. The summed E-state index contributed by atoms with van der Waals surface area (Å²) in [5.74, 6) is -0.106. The standard InChI is InChI=1S/C15H17ClN2O2/c1-9(2)13(8-19)18-15(20)11-7-14(16)17-12-6-4-3-5-10(11)12/h3-7,9,13,19H,8H2,1-2H3,(H,18,20)/t13-/m1/s1. The zero-order valence-electron chi connectivity index (χ0n) is 11.4. The summed E-state index contributed by atoms with van der Waals surface area (Å²) in [7, 11) is 0. The molecule has 20 heavy (non-hydrogen) atoms. The molecular weight excluding hydrogens is 276 g/mol. The molecule has 0 radical (unpaired) electrons. The van der Waals surface area contributed by atoms with E-state index in [1.54, 1.807) is 6.07 Å². The van der Waals surface area contributed by atoms with Crippen LogP contribution in [-0.4, -0.2) is 28.6 Å². The van der Waals surface area contributed by atoms with Crippen LogP contribution in [0, 0.1) is 5.92 Å². The van der Waals surface area contributed by atoms with E-state index in [-0.39, 0.29) is 29.6 Å². The van der Waals surface area contributed by atoms with Crippen LogP contribution in [0.15, 0.2) is 30.3 Å². The minimum atomic E-state index is -0.284. The summed E-state index contributed by atoms with van der Waals surface area (Å²) in [4.78, 5) is 16.6. The van der Waals surface area contributed by atoms with Gasteiger partial charge in [0.2, 0.25) is 0 Å². The van der Waals surface area contributed by atoms with Crippen molar-refractivity contribution in [3.05, 3.63) is 41.0 Å². The van der Waals surface area contributed by atoms with Crippen LogP contribution in [0.4, 0.5) is 0 Å². The number of amides is 1. The molecule has 0 aliphatic carbocycles. The predicted octanol–water partition coefficient (Wildman–Crippen LogP) is 2.63. The molecule has 1 aromatic heterocycles. The number of halogens is 1. The Morgan fingerprint density at radius 1 is 1.40 bits per heavy atom. The van der Waals surface area contributed by atoms with Gasteiger partial charge < -0.3 is 10.4 Å². The first kappa shape index (κ1) is 14.8. The molecule has 0 fully saturated rings. The van der Waals surface area contributed by atoms with Crippen LogP contribution >= 0.6 is 11.6 Å². The summed E-state index contributed by atoms with van der Waals surface area (Å²) in [5, 5.41) is 13.2. The quantitative estimate of drug-likeness (QED) is 0.852. The predicted molar refractivity (Wildman–Crippen MR) is 79.9 cm³/mol. The number of hydrogen-bond donors (Lipinski definition) is 2. The molecule has 1 heterocycles. The molecule has 0 aliphatic heterocycles. The Morgan fingerprint density at radius 2 is 2.10 bits per heavy atom. The van der Waals surface area contributed by atoms with Gasteiger partial charge in [-0.3, -0.25) is 4.79 Å². The van der Waals surface area contributed by atoms with E-state index in [0.29, 0.717) is 11.1 Å². The van der Waals surface area contributed by atoms with Gasteiger partial charge in [-0.2, -0.15) is 0 Å². The zero-order chi connectivity index (χ0) is 14.7. The van der Waals surface area contributed by atoms with Crippen molar-refractivity contribution in [1.82, 2.24) is 10.3 Å². The van der Waals surface area contributed by atoms with Crippen LogP contribution in [-0.2, 0) is 0 Å². The highest BCUT2D eigenvalue weighted by atomic mass is 35.5. The smallest absolute Gasteiger partial charge is 0.252 e. The number of pyridine rings is 1. The van der Waals surface area contributed by atoms with Crippen molar-refractivity contribution in [1.29, 1.82) is 0 Å². The number of carbonyl (C=O) groups excluding carboxylic acids is 1. The molecule has 2 aromatic rings. The summed E-state index contributed by atoms with van der Waals surface area (Å²) in [6.45, 7) is 3.79. The first-order valence-corrected chi connectivity index (χ1v) is 6.87. The summed E-state index contributed by atoms with van der Waals surface area (Å²) >= 11 is 5.96. The van der Waals surface area contributed by atoms with Gasteiger partial charge in [-0.05, 0) is 18.1 Å². The number of hydrogen-bond acceptors (Lipinski definition) is 3. The highest BCUT2D eigenvalue weighted by Gasteiger charge is 2.18. The van der Waals surface area contributed by atoms with Crippen molar-refractivity contribution in [3.63, 3.8) is 0 Å². The number of nitrogens with zero attached hydrogens (tertiary/aromatic N) is 1. The van der Waals surface area contributed by atoms with E-state index in [4.69, 9.17) is 11.6 Å². The van der Waals surface area contributed by atoms with E-state index in [9.17, 15) is 9.90 Å².